The van der Waals surface area contributed by atoms with E-state index in [0.717, 1.165) is 13.0 Å². The number of para-hydroxylation sites is 1. The van der Waals surface area contributed by atoms with Gasteiger partial charge in [0.15, 0.2) is 11.5 Å². The molecular formula is C32H31N7O4. The largest absolute Gasteiger partial charge is 0.457 e. The van der Waals surface area contributed by atoms with E-state index in [-0.39, 0.29) is 23.9 Å². The van der Waals surface area contributed by atoms with Crippen molar-refractivity contribution in [1.29, 1.82) is 0 Å². The zero-order valence-corrected chi connectivity index (χ0v) is 23.5. The van der Waals surface area contributed by atoms with Crippen molar-refractivity contribution < 1.29 is 14.3 Å². The van der Waals surface area contributed by atoms with Crippen LogP contribution in [0, 0.1) is 0 Å². The number of rotatable bonds is 9. The normalized spacial score (nSPS) is 16.6. The molecule has 11 heteroatoms. The number of nitrogens with two attached hydrogens (primary N) is 1. The van der Waals surface area contributed by atoms with Gasteiger partial charge >= 0.3 is 5.69 Å². The number of imidazole rings is 1. The van der Waals surface area contributed by atoms with Crippen LogP contribution in [-0.4, -0.2) is 50.3 Å². The third kappa shape index (κ3) is 6.03. The van der Waals surface area contributed by atoms with Crippen molar-refractivity contribution in [3.8, 4) is 22.9 Å². The second-order valence-corrected chi connectivity index (χ2v) is 10.1. The average molecular weight is 578 g/mol. The first-order valence-corrected chi connectivity index (χ1v) is 14.0. The fraction of sp³-hybridized carbons (Fsp3) is 0.188. The van der Waals surface area contributed by atoms with Crippen LogP contribution in [0.4, 0.5) is 11.5 Å². The highest BCUT2D eigenvalue weighted by Gasteiger charge is 2.23. The first-order valence-electron chi connectivity index (χ1n) is 14.0. The number of nitrogens with zero attached hydrogens (tertiary/aromatic N) is 4. The fourth-order valence-electron chi connectivity index (χ4n) is 5.10. The van der Waals surface area contributed by atoms with Crippen molar-refractivity contribution in [2.75, 3.05) is 24.2 Å². The molecule has 43 heavy (non-hydrogen) atoms. The predicted molar refractivity (Wildman–Crippen MR) is 165 cm³/mol. The zero-order chi connectivity index (χ0) is 29.8. The number of carbonyl (C=O) groups is 1. The Morgan fingerprint density at radius 2 is 1.81 bits per heavy atom. The first kappa shape index (κ1) is 27.9. The first-order chi connectivity index (χ1) is 21.0. The van der Waals surface area contributed by atoms with Crippen molar-refractivity contribution >= 4 is 28.6 Å². The molecule has 1 amide bonds. The van der Waals surface area contributed by atoms with Crippen molar-refractivity contribution in [3.05, 3.63) is 108 Å². The number of aromatic nitrogens is 4. The smallest absolute Gasteiger partial charge is 0.339 e. The maximum Gasteiger partial charge on any atom is 0.339 e. The van der Waals surface area contributed by atoms with E-state index in [1.165, 1.54) is 21.5 Å². The summed E-state index contributed by atoms with van der Waals surface area (Å²) in [4.78, 5) is 35.0. The lowest BCUT2D eigenvalue weighted by Crippen LogP contribution is -2.34. The Balaban J connectivity index is 1.25. The minimum absolute atomic E-state index is 0.159. The van der Waals surface area contributed by atoms with E-state index in [1.807, 2.05) is 37.3 Å². The molecule has 2 aromatic heterocycles. The number of amides is 1. The molecule has 0 radical (unpaired) electrons. The van der Waals surface area contributed by atoms with Crippen LogP contribution in [0.2, 0.25) is 0 Å². The van der Waals surface area contributed by atoms with E-state index in [0.29, 0.717) is 46.3 Å². The van der Waals surface area contributed by atoms with Crippen LogP contribution in [0.5, 0.6) is 11.5 Å². The number of anilines is 2. The van der Waals surface area contributed by atoms with E-state index in [9.17, 15) is 9.59 Å². The lowest BCUT2D eigenvalue weighted by Gasteiger charge is -2.14. The molecule has 4 N–H and O–H groups in total. The summed E-state index contributed by atoms with van der Waals surface area (Å²) in [5.41, 5.74) is 8.18. The van der Waals surface area contributed by atoms with Crippen molar-refractivity contribution in [2.45, 2.75) is 25.5 Å². The summed E-state index contributed by atoms with van der Waals surface area (Å²) in [7, 11) is 0. The van der Waals surface area contributed by atoms with Crippen molar-refractivity contribution in [1.82, 2.24) is 24.4 Å². The Morgan fingerprint density at radius 1 is 1.02 bits per heavy atom. The summed E-state index contributed by atoms with van der Waals surface area (Å²) >= 11 is 0. The van der Waals surface area contributed by atoms with E-state index in [4.69, 9.17) is 15.2 Å². The summed E-state index contributed by atoms with van der Waals surface area (Å²) in [6.45, 7) is 3.34. The van der Waals surface area contributed by atoms with Gasteiger partial charge in [0, 0.05) is 31.0 Å². The third-order valence-corrected chi connectivity index (χ3v) is 7.24. The van der Waals surface area contributed by atoms with Gasteiger partial charge in [0.05, 0.1) is 17.5 Å². The molecule has 218 valence electrons. The van der Waals surface area contributed by atoms with Crippen LogP contribution in [0.25, 0.3) is 22.5 Å². The van der Waals surface area contributed by atoms with Gasteiger partial charge in [0.25, 0.3) is 0 Å². The minimum Gasteiger partial charge on any atom is -0.457 e. The molecule has 3 heterocycles. The Kier molecular flexibility index (Phi) is 7.98. The molecule has 11 nitrogen and oxygen atoms in total. The molecule has 0 bridgehead atoms. The number of nitrogen functional groups attached to an aromatic ring is 1. The fourth-order valence-corrected chi connectivity index (χ4v) is 5.10. The number of hydrogen-bond acceptors (Lipinski definition) is 8. The molecule has 1 aliphatic heterocycles. The molecule has 5 aromatic rings. The Morgan fingerprint density at radius 3 is 2.58 bits per heavy atom. The highest BCUT2D eigenvalue weighted by atomic mass is 16.5. The predicted octanol–water partition coefficient (Wildman–Crippen LogP) is 4.21. The molecule has 0 aliphatic carbocycles. The topological polar surface area (TPSA) is 138 Å². The number of ether oxygens (including phenoxy) is 2. The monoisotopic (exact) mass is 577 g/mol. The lowest BCUT2D eigenvalue weighted by atomic mass is 10.1. The Labute approximate surface area is 247 Å². The number of hydrogen-bond donors (Lipinski definition) is 3. The van der Waals surface area contributed by atoms with Gasteiger partial charge in [-0.3, -0.25) is 9.36 Å². The molecule has 1 saturated heterocycles. The molecule has 2 unspecified atom stereocenters. The van der Waals surface area contributed by atoms with Gasteiger partial charge in [-0.2, -0.15) is 0 Å². The molecule has 2 atom stereocenters. The second-order valence-electron chi connectivity index (χ2n) is 10.1. The summed E-state index contributed by atoms with van der Waals surface area (Å²) in [5.74, 6) is 1.20. The Hall–Kier alpha value is -5.26. The zero-order valence-electron chi connectivity index (χ0n) is 23.5. The van der Waals surface area contributed by atoms with Gasteiger partial charge in [-0.15, -0.1) is 0 Å². The van der Waals surface area contributed by atoms with Crippen LogP contribution >= 0.6 is 0 Å². The minimum atomic E-state index is -0.390. The molecule has 0 spiro atoms. The molecule has 6 rings (SSSR count). The molecule has 1 aliphatic rings. The summed E-state index contributed by atoms with van der Waals surface area (Å²) in [5, 5.41) is 6.24. The van der Waals surface area contributed by atoms with E-state index >= 15 is 0 Å². The van der Waals surface area contributed by atoms with E-state index in [1.54, 1.807) is 54.6 Å². The van der Waals surface area contributed by atoms with Gasteiger partial charge in [-0.25, -0.2) is 19.3 Å². The van der Waals surface area contributed by atoms with Crippen molar-refractivity contribution in [2.24, 2.45) is 0 Å². The quantitative estimate of drug-likeness (QED) is 0.222. The van der Waals surface area contributed by atoms with Gasteiger partial charge in [0.2, 0.25) is 5.91 Å². The molecule has 3 aromatic carbocycles. The summed E-state index contributed by atoms with van der Waals surface area (Å²) in [6.07, 6.45) is 5.69. The Bertz CT molecular complexity index is 1830. The summed E-state index contributed by atoms with van der Waals surface area (Å²) in [6, 6.07) is 23.8. The van der Waals surface area contributed by atoms with Crippen LogP contribution in [0.3, 0.4) is 0 Å². The standard InChI is InChI=1S/C32H31N7O4/c1-21-27(16-18-42-21)34-17-6-11-28(40)37-22-7-5-8-24(19-22)39-31-29(30(33)35-20-36-31)38(32(39)41)23-12-14-26(15-13-23)43-25-9-3-2-4-10-25/h2-15,19-21,27,34H,16-18H2,1H3,(H,37,40)(H2,33,35,36)/b11-6+. The molecular weight excluding hydrogens is 546 g/mol. The van der Waals surface area contributed by atoms with Gasteiger partial charge in [-0.1, -0.05) is 30.3 Å². The molecule has 0 saturated carbocycles. The van der Waals surface area contributed by atoms with E-state index in [2.05, 4.69) is 20.6 Å². The summed E-state index contributed by atoms with van der Waals surface area (Å²) < 4.78 is 14.4. The highest BCUT2D eigenvalue weighted by molar-refractivity contribution is 5.99. The van der Waals surface area contributed by atoms with Crippen LogP contribution in [0.1, 0.15) is 13.3 Å². The molecule has 1 fully saturated rings. The second kappa shape index (κ2) is 12.3. The third-order valence-electron chi connectivity index (χ3n) is 7.24. The lowest BCUT2D eigenvalue weighted by molar-refractivity contribution is -0.111. The van der Waals surface area contributed by atoms with Crippen LogP contribution in [-0.2, 0) is 9.53 Å². The van der Waals surface area contributed by atoms with E-state index < -0.39 is 5.69 Å². The number of benzene rings is 3. The number of nitrogens with one attached hydrogen (secondary N) is 2. The number of carbonyl (C=O) groups excluding carboxylic acids is 1. The highest BCUT2D eigenvalue weighted by Crippen LogP contribution is 2.26. The van der Waals surface area contributed by atoms with Gasteiger partial charge < -0.3 is 25.8 Å². The number of fused-ring (bicyclic) bond motifs is 1. The maximum absolute atomic E-state index is 13.9. The SMILES string of the molecule is CC1OCCC1NC/C=C/C(=O)Nc1cccc(-n2c(=O)n(-c3ccc(Oc4ccccc4)cc3)c3c(N)ncnc32)c1. The van der Waals surface area contributed by atoms with Crippen LogP contribution < -0.4 is 26.8 Å². The average Bonchev–Trinajstić information content (AvgIpc) is 3.56. The van der Waals surface area contributed by atoms with Crippen molar-refractivity contribution in [3.63, 3.8) is 0 Å². The maximum atomic E-state index is 13.9. The van der Waals surface area contributed by atoms with Gasteiger partial charge in [-0.05, 0) is 67.9 Å². The van der Waals surface area contributed by atoms with Gasteiger partial charge in [0.1, 0.15) is 23.3 Å². The van der Waals surface area contributed by atoms with Crippen LogP contribution in [0.15, 0.2) is 102 Å².